The first-order valence-electron chi connectivity index (χ1n) is 7.43. The molecule has 2 aromatic rings. The second-order valence-corrected chi connectivity index (χ2v) is 5.77. The lowest BCUT2D eigenvalue weighted by Crippen LogP contribution is -2.33. The van der Waals surface area contributed by atoms with E-state index in [0.29, 0.717) is 17.7 Å². The van der Waals surface area contributed by atoms with E-state index in [-0.39, 0.29) is 18.4 Å². The van der Waals surface area contributed by atoms with E-state index in [0.717, 1.165) is 0 Å². The van der Waals surface area contributed by atoms with Crippen LogP contribution in [0.3, 0.4) is 0 Å². The van der Waals surface area contributed by atoms with E-state index in [1.807, 2.05) is 19.9 Å². The largest absolute Gasteiger partial charge is 0.481 e. The van der Waals surface area contributed by atoms with Gasteiger partial charge in [-0.25, -0.2) is 9.67 Å². The van der Waals surface area contributed by atoms with Crippen molar-refractivity contribution in [1.29, 1.82) is 0 Å². The monoisotopic (exact) mass is 316 g/mol. The summed E-state index contributed by atoms with van der Waals surface area (Å²) in [5.74, 6) is -1.53. The molecule has 0 saturated heterocycles. The fraction of sp³-hybridized carbons (Fsp3) is 0.375. The van der Waals surface area contributed by atoms with E-state index >= 15 is 0 Å². The molecule has 0 aliphatic rings. The first-order chi connectivity index (χ1) is 11.0. The van der Waals surface area contributed by atoms with Crippen molar-refractivity contribution < 1.29 is 14.7 Å². The third kappa shape index (κ3) is 4.64. The van der Waals surface area contributed by atoms with Gasteiger partial charge >= 0.3 is 5.97 Å². The summed E-state index contributed by atoms with van der Waals surface area (Å²) in [4.78, 5) is 27.3. The predicted molar refractivity (Wildman–Crippen MR) is 84.3 cm³/mol. The summed E-state index contributed by atoms with van der Waals surface area (Å²) in [7, 11) is 0. The number of carboxylic acid groups (broad SMARTS) is 1. The number of carbonyl (C=O) groups excluding carboxylic acids is 1. The van der Waals surface area contributed by atoms with Gasteiger partial charge in [-0.2, -0.15) is 5.10 Å². The Bertz CT molecular complexity index is 668. The second kappa shape index (κ2) is 7.53. The molecule has 1 unspecified atom stereocenters. The van der Waals surface area contributed by atoms with E-state index in [1.165, 1.54) is 6.33 Å². The van der Waals surface area contributed by atoms with Crippen molar-refractivity contribution in [2.45, 2.75) is 20.3 Å². The van der Waals surface area contributed by atoms with Crippen LogP contribution in [0, 0.1) is 11.8 Å². The van der Waals surface area contributed by atoms with Gasteiger partial charge in [-0.1, -0.05) is 19.9 Å². The van der Waals surface area contributed by atoms with Crippen molar-refractivity contribution in [2.24, 2.45) is 11.8 Å². The molecule has 0 spiro atoms. The fourth-order valence-corrected chi connectivity index (χ4v) is 2.29. The molecule has 0 fully saturated rings. The highest BCUT2D eigenvalue weighted by Gasteiger charge is 2.20. The first kappa shape index (κ1) is 16.7. The molecule has 7 nitrogen and oxygen atoms in total. The topological polar surface area (TPSA) is 97.1 Å². The van der Waals surface area contributed by atoms with Crippen molar-refractivity contribution >= 4 is 11.9 Å². The average molecular weight is 316 g/mol. The van der Waals surface area contributed by atoms with Gasteiger partial charge in [0.05, 0.1) is 11.6 Å². The molecular weight excluding hydrogens is 296 g/mol. The number of aromatic nitrogens is 3. The molecule has 1 atom stereocenters. The van der Waals surface area contributed by atoms with Crippen LogP contribution in [0.4, 0.5) is 0 Å². The Morgan fingerprint density at radius 2 is 2.13 bits per heavy atom. The quantitative estimate of drug-likeness (QED) is 0.811. The Hall–Kier alpha value is -2.70. The van der Waals surface area contributed by atoms with E-state index in [9.17, 15) is 14.7 Å². The van der Waals surface area contributed by atoms with Crippen LogP contribution >= 0.6 is 0 Å². The lowest BCUT2D eigenvalue weighted by atomic mass is 9.97. The van der Waals surface area contributed by atoms with Gasteiger partial charge in [0, 0.05) is 12.1 Å². The van der Waals surface area contributed by atoms with Gasteiger partial charge in [0.15, 0.2) is 0 Å². The highest BCUT2D eigenvalue weighted by Crippen LogP contribution is 2.12. The molecule has 1 aromatic carbocycles. The highest BCUT2D eigenvalue weighted by atomic mass is 16.4. The number of amides is 1. The van der Waals surface area contributed by atoms with Crippen LogP contribution in [0.25, 0.3) is 5.69 Å². The number of hydrogen-bond donors (Lipinski definition) is 2. The van der Waals surface area contributed by atoms with Crippen molar-refractivity contribution in [3.05, 3.63) is 42.5 Å². The number of carbonyl (C=O) groups is 2. The summed E-state index contributed by atoms with van der Waals surface area (Å²) in [6, 6.07) is 6.91. The zero-order chi connectivity index (χ0) is 16.8. The zero-order valence-electron chi connectivity index (χ0n) is 13.1. The molecule has 0 aliphatic heterocycles. The molecule has 0 bridgehead atoms. The van der Waals surface area contributed by atoms with Gasteiger partial charge < -0.3 is 10.4 Å². The number of nitrogens with zero attached hydrogens (tertiary/aromatic N) is 3. The summed E-state index contributed by atoms with van der Waals surface area (Å²) in [5.41, 5.74) is 1.17. The van der Waals surface area contributed by atoms with Gasteiger partial charge in [-0.05, 0) is 30.5 Å². The number of aliphatic carboxylic acids is 1. The van der Waals surface area contributed by atoms with E-state index < -0.39 is 11.9 Å². The van der Waals surface area contributed by atoms with Crippen LogP contribution in [0.5, 0.6) is 0 Å². The summed E-state index contributed by atoms with van der Waals surface area (Å²) in [5, 5.41) is 15.9. The molecule has 7 heteroatoms. The number of benzene rings is 1. The maximum Gasteiger partial charge on any atom is 0.308 e. The third-order valence-electron chi connectivity index (χ3n) is 3.41. The maximum atomic E-state index is 12.2. The minimum Gasteiger partial charge on any atom is -0.481 e. The number of rotatable bonds is 7. The van der Waals surface area contributed by atoms with E-state index in [4.69, 9.17) is 0 Å². The summed E-state index contributed by atoms with van der Waals surface area (Å²) in [6.07, 6.45) is 3.48. The van der Waals surface area contributed by atoms with Crippen molar-refractivity contribution in [2.75, 3.05) is 6.54 Å². The molecule has 0 saturated carbocycles. The Labute approximate surface area is 134 Å². The molecule has 0 radical (unpaired) electrons. The molecule has 122 valence electrons. The third-order valence-corrected chi connectivity index (χ3v) is 3.41. The van der Waals surface area contributed by atoms with Crippen molar-refractivity contribution in [1.82, 2.24) is 20.1 Å². The van der Waals surface area contributed by atoms with E-state index in [1.54, 1.807) is 29.2 Å². The lowest BCUT2D eigenvalue weighted by molar-refractivity contribution is -0.142. The normalized spacial score (nSPS) is 12.1. The van der Waals surface area contributed by atoms with Gasteiger partial charge in [0.1, 0.15) is 12.7 Å². The smallest absolute Gasteiger partial charge is 0.308 e. The van der Waals surface area contributed by atoms with Crippen LogP contribution in [-0.2, 0) is 4.79 Å². The summed E-state index contributed by atoms with van der Waals surface area (Å²) < 4.78 is 1.55. The van der Waals surface area contributed by atoms with Gasteiger partial charge in [-0.15, -0.1) is 0 Å². The summed E-state index contributed by atoms with van der Waals surface area (Å²) in [6.45, 7) is 4.03. The van der Waals surface area contributed by atoms with Crippen LogP contribution < -0.4 is 5.32 Å². The molecule has 0 aliphatic carbocycles. The second-order valence-electron chi connectivity index (χ2n) is 5.77. The first-order valence-corrected chi connectivity index (χ1v) is 7.43. The SMILES string of the molecule is CC(C)CC(CNC(=O)c1cccc(-n2cncn2)c1)C(=O)O. The Morgan fingerprint density at radius 1 is 1.35 bits per heavy atom. The molecule has 2 N–H and O–H groups in total. The zero-order valence-corrected chi connectivity index (χ0v) is 13.1. The fourth-order valence-electron chi connectivity index (χ4n) is 2.29. The molecule has 1 aromatic heterocycles. The Balaban J connectivity index is 2.03. The summed E-state index contributed by atoms with van der Waals surface area (Å²) >= 11 is 0. The number of carboxylic acids is 1. The Morgan fingerprint density at radius 3 is 2.74 bits per heavy atom. The standard InChI is InChI=1S/C16H20N4O3/c1-11(2)6-13(16(22)23)8-18-15(21)12-4-3-5-14(7-12)20-10-17-9-19-20/h3-5,7,9-11,13H,6,8H2,1-2H3,(H,18,21)(H,22,23). The van der Waals surface area contributed by atoms with Crippen molar-refractivity contribution in [3.8, 4) is 5.69 Å². The predicted octanol–water partition coefficient (Wildman–Crippen LogP) is 1.74. The molecule has 1 amide bonds. The molecular formula is C16H20N4O3. The van der Waals surface area contributed by atoms with Gasteiger partial charge in [0.25, 0.3) is 5.91 Å². The minimum atomic E-state index is -0.893. The van der Waals surface area contributed by atoms with Crippen molar-refractivity contribution in [3.63, 3.8) is 0 Å². The minimum absolute atomic E-state index is 0.111. The number of hydrogen-bond acceptors (Lipinski definition) is 4. The van der Waals surface area contributed by atoms with Gasteiger partial charge in [-0.3, -0.25) is 9.59 Å². The van der Waals surface area contributed by atoms with Crippen LogP contribution in [0.15, 0.2) is 36.9 Å². The van der Waals surface area contributed by atoms with Gasteiger partial charge in [0.2, 0.25) is 0 Å². The Kier molecular flexibility index (Phi) is 5.46. The lowest BCUT2D eigenvalue weighted by Gasteiger charge is -2.15. The van der Waals surface area contributed by atoms with Crippen LogP contribution in [-0.4, -0.2) is 38.3 Å². The van der Waals surface area contributed by atoms with Crippen LogP contribution in [0.1, 0.15) is 30.6 Å². The van der Waals surface area contributed by atoms with E-state index in [2.05, 4.69) is 15.4 Å². The maximum absolute atomic E-state index is 12.2. The highest BCUT2D eigenvalue weighted by molar-refractivity contribution is 5.94. The number of nitrogens with one attached hydrogen (secondary N) is 1. The molecule has 1 heterocycles. The van der Waals surface area contributed by atoms with Crippen LogP contribution in [0.2, 0.25) is 0 Å². The molecule has 23 heavy (non-hydrogen) atoms. The molecule has 2 rings (SSSR count). The average Bonchev–Trinajstić information content (AvgIpc) is 3.05.